The molecule has 1 aliphatic heterocycles. The van der Waals surface area contributed by atoms with Crippen molar-refractivity contribution in [3.63, 3.8) is 0 Å². The Balaban J connectivity index is 0.00000182. The largest absolute Gasteiger partial charge is 0.456 e. The number of esters is 3. The van der Waals surface area contributed by atoms with E-state index < -0.39 is 65.3 Å². The Kier molecular flexibility index (Phi) is 10.9. The van der Waals surface area contributed by atoms with Gasteiger partial charge in [0.2, 0.25) is 4.91 Å². The average Bonchev–Trinajstić information content (AvgIpc) is 2.71. The zero-order valence-electron chi connectivity index (χ0n) is 18.8. The first kappa shape index (κ1) is 28.8. The van der Waals surface area contributed by atoms with E-state index in [4.69, 9.17) is 34.2 Å². The predicted molar refractivity (Wildman–Crippen MR) is 109 cm³/mol. The molecule has 1 fully saturated rings. The maximum atomic E-state index is 12.5. The lowest BCUT2D eigenvalue weighted by molar-refractivity contribution is -0.294. The number of aliphatic hydroxyl groups excluding tert-OH is 1. The summed E-state index contributed by atoms with van der Waals surface area (Å²) in [5.74, 6) is -2.45. The fraction of sp³-hybridized carbons (Fsp3) is 0.526. The summed E-state index contributed by atoms with van der Waals surface area (Å²) in [6.45, 7) is 4.28. The topological polar surface area (TPSA) is 214 Å². The fourth-order valence-electron chi connectivity index (χ4n) is 2.94. The second kappa shape index (κ2) is 12.9. The van der Waals surface area contributed by atoms with Crippen LogP contribution in [0.15, 0.2) is 29.2 Å². The molecule has 15 heteroatoms. The highest BCUT2D eigenvalue weighted by atomic mass is 32.2. The average molecular weight is 504 g/mol. The van der Waals surface area contributed by atoms with Crippen molar-refractivity contribution in [3.05, 3.63) is 29.8 Å². The number of carbonyl (C=O) groups excluding carboxylic acids is 3. The SMILES string of the molecule is CC(=O)O[C@@H]1[C@@H](OC(C)=O)[C@H](O)O[C@H](COS(=O)(=O)c2ccc(C)cc2)[C@H]1OC(C)=O.N=[N+]=N. The molecule has 34 heavy (non-hydrogen) atoms. The fourth-order valence-corrected chi connectivity index (χ4v) is 3.85. The van der Waals surface area contributed by atoms with Gasteiger partial charge < -0.3 is 24.1 Å². The predicted octanol–water partition coefficient (Wildman–Crippen LogP) is 0.328. The van der Waals surface area contributed by atoms with Gasteiger partial charge in [-0.25, -0.2) is 0 Å². The first-order valence-corrected chi connectivity index (χ1v) is 11.1. The number of hydrogen-bond acceptors (Lipinski definition) is 13. The molecule has 3 N–H and O–H groups in total. The van der Waals surface area contributed by atoms with Crippen LogP contribution in [0.4, 0.5) is 0 Å². The molecule has 2 rings (SSSR count). The van der Waals surface area contributed by atoms with Crippen LogP contribution in [0.1, 0.15) is 26.3 Å². The summed E-state index contributed by atoms with van der Waals surface area (Å²) in [5, 5.41) is 10.3. The molecular weight excluding hydrogens is 478 g/mol. The Morgan fingerprint density at radius 1 is 0.941 bits per heavy atom. The second-order valence-electron chi connectivity index (χ2n) is 6.95. The number of rotatable bonds is 7. The van der Waals surface area contributed by atoms with Gasteiger partial charge in [0.1, 0.15) is 17.2 Å². The second-order valence-corrected chi connectivity index (χ2v) is 8.57. The van der Waals surface area contributed by atoms with Crippen LogP contribution >= 0.6 is 0 Å². The lowest BCUT2D eigenvalue weighted by Crippen LogP contribution is -2.62. The number of nitrogens with zero attached hydrogens (tertiary/aromatic N) is 1. The molecule has 0 amide bonds. The van der Waals surface area contributed by atoms with Gasteiger partial charge in [0, 0.05) is 20.8 Å². The van der Waals surface area contributed by atoms with Crippen molar-refractivity contribution >= 4 is 28.0 Å². The van der Waals surface area contributed by atoms with E-state index in [0.29, 0.717) is 0 Å². The molecule has 1 aliphatic rings. The maximum Gasteiger partial charge on any atom is 0.303 e. The molecule has 0 unspecified atom stereocenters. The Morgan fingerprint density at radius 3 is 1.85 bits per heavy atom. The minimum atomic E-state index is -4.21. The number of ether oxygens (including phenoxy) is 4. The van der Waals surface area contributed by atoms with E-state index in [-0.39, 0.29) is 4.90 Å². The minimum absolute atomic E-state index is 0.118. The van der Waals surface area contributed by atoms with E-state index in [1.807, 2.05) is 4.91 Å². The Bertz CT molecular complexity index is 1010. The standard InChI is InChI=1S/C19H24O11S.H2N3/c1-10-5-7-14(8-6-10)31(24,25)26-9-15-16(27-11(2)20)17(28-12(3)21)18(19(23)30-15)29-13(4)22;1-3-2/h5-8,15-19,23H,9H2,1-4H3;1-2H/q;+1/t15-,16-,17+,18-,19-;/m1./s1. The van der Waals surface area contributed by atoms with E-state index in [2.05, 4.69) is 0 Å². The van der Waals surface area contributed by atoms with E-state index in [1.165, 1.54) is 12.1 Å². The van der Waals surface area contributed by atoms with Gasteiger partial charge in [-0.15, -0.1) is 0 Å². The number of hydrogen-bond donors (Lipinski definition) is 3. The van der Waals surface area contributed by atoms with Crippen molar-refractivity contribution < 1.29 is 51.0 Å². The molecule has 1 aromatic rings. The third kappa shape index (κ3) is 8.61. The zero-order chi connectivity index (χ0) is 26.1. The van der Waals surface area contributed by atoms with Crippen molar-refractivity contribution in [2.45, 2.75) is 63.3 Å². The molecule has 1 saturated heterocycles. The first-order valence-electron chi connectivity index (χ1n) is 9.66. The van der Waals surface area contributed by atoms with Crippen LogP contribution in [0.3, 0.4) is 0 Å². The van der Waals surface area contributed by atoms with Crippen LogP contribution in [0.5, 0.6) is 0 Å². The van der Waals surface area contributed by atoms with Gasteiger partial charge >= 0.3 is 17.9 Å². The Hall–Kier alpha value is -3.23. The molecule has 1 aromatic carbocycles. The highest BCUT2D eigenvalue weighted by molar-refractivity contribution is 7.86. The van der Waals surface area contributed by atoms with Gasteiger partial charge in [0.15, 0.2) is 24.6 Å². The van der Waals surface area contributed by atoms with Crippen molar-refractivity contribution in [1.82, 2.24) is 4.91 Å². The Morgan fingerprint density at radius 2 is 1.38 bits per heavy atom. The van der Waals surface area contributed by atoms with Gasteiger partial charge in [0.25, 0.3) is 10.1 Å². The summed E-state index contributed by atoms with van der Waals surface area (Å²) in [4.78, 5) is 36.4. The summed E-state index contributed by atoms with van der Waals surface area (Å²) < 4.78 is 50.5. The van der Waals surface area contributed by atoms with Gasteiger partial charge in [-0.2, -0.15) is 8.42 Å². The maximum absolute atomic E-state index is 12.5. The van der Waals surface area contributed by atoms with Gasteiger partial charge in [-0.1, -0.05) is 17.7 Å². The number of aryl methyl sites for hydroxylation is 1. The number of benzene rings is 1. The van der Waals surface area contributed by atoms with E-state index in [0.717, 1.165) is 26.3 Å². The van der Waals surface area contributed by atoms with Crippen LogP contribution in [0.2, 0.25) is 0 Å². The van der Waals surface area contributed by atoms with E-state index in [9.17, 15) is 27.9 Å². The van der Waals surface area contributed by atoms with Crippen LogP contribution in [-0.2, 0) is 47.6 Å². The van der Waals surface area contributed by atoms with Gasteiger partial charge in [-0.05, 0) is 19.1 Å². The molecule has 0 aliphatic carbocycles. The molecule has 1 heterocycles. The molecule has 0 spiro atoms. The van der Waals surface area contributed by atoms with Crippen molar-refractivity contribution in [1.29, 1.82) is 11.1 Å². The summed E-state index contributed by atoms with van der Waals surface area (Å²) in [7, 11) is -4.21. The third-order valence-electron chi connectivity index (χ3n) is 4.21. The van der Waals surface area contributed by atoms with Crippen LogP contribution in [0.25, 0.3) is 0 Å². The number of aliphatic hydroxyl groups is 1. The molecule has 0 bridgehead atoms. The number of carbonyl (C=O) groups is 3. The highest BCUT2D eigenvalue weighted by Crippen LogP contribution is 2.29. The smallest absolute Gasteiger partial charge is 0.303 e. The monoisotopic (exact) mass is 504 g/mol. The molecule has 0 saturated carbocycles. The van der Waals surface area contributed by atoms with Gasteiger partial charge in [0.05, 0.1) is 11.5 Å². The van der Waals surface area contributed by atoms with E-state index >= 15 is 0 Å². The molecular formula is C19H26N3O11S+. The number of nitrogens with one attached hydrogen (secondary N) is 2. The van der Waals surface area contributed by atoms with E-state index in [1.54, 1.807) is 19.1 Å². The summed E-state index contributed by atoms with van der Waals surface area (Å²) >= 11 is 0. The lowest BCUT2D eigenvalue weighted by Gasteiger charge is -2.42. The zero-order valence-corrected chi connectivity index (χ0v) is 19.6. The minimum Gasteiger partial charge on any atom is -0.456 e. The van der Waals surface area contributed by atoms with Gasteiger partial charge in [-0.3, -0.25) is 18.6 Å². The highest BCUT2D eigenvalue weighted by Gasteiger charge is 2.51. The molecule has 5 atom stereocenters. The summed E-state index contributed by atoms with van der Waals surface area (Å²) in [6, 6.07) is 5.87. The normalized spacial score (nSPS) is 24.0. The third-order valence-corrected chi connectivity index (χ3v) is 5.51. The van der Waals surface area contributed by atoms with Crippen LogP contribution in [0, 0.1) is 18.0 Å². The summed E-state index contributed by atoms with van der Waals surface area (Å²) in [6.07, 6.45) is -7.59. The Labute approximate surface area is 195 Å². The van der Waals surface area contributed by atoms with Crippen LogP contribution < -0.4 is 4.91 Å². The molecule has 14 nitrogen and oxygen atoms in total. The molecule has 188 valence electrons. The summed E-state index contributed by atoms with van der Waals surface area (Å²) in [5.41, 5.74) is 11.8. The van der Waals surface area contributed by atoms with Crippen molar-refractivity contribution in [2.24, 2.45) is 0 Å². The quantitative estimate of drug-likeness (QED) is 0.151. The van der Waals surface area contributed by atoms with Crippen molar-refractivity contribution in [3.8, 4) is 0 Å². The van der Waals surface area contributed by atoms with Crippen LogP contribution in [-0.4, -0.2) is 68.7 Å². The molecule has 0 radical (unpaired) electrons. The first-order chi connectivity index (χ1) is 15.8. The van der Waals surface area contributed by atoms with Crippen molar-refractivity contribution in [2.75, 3.05) is 6.61 Å². The molecule has 0 aromatic heterocycles. The lowest BCUT2D eigenvalue weighted by atomic mass is 9.98.